The van der Waals surface area contributed by atoms with Gasteiger partial charge < -0.3 is 15.8 Å². The first-order valence-electron chi connectivity index (χ1n) is 9.90. The Morgan fingerprint density at radius 3 is 1.73 bits per heavy atom. The Morgan fingerprint density at radius 1 is 0.636 bits per heavy atom. The molecule has 3 nitrogen and oxygen atoms in total. The number of hydrogen-bond acceptors (Lipinski definition) is 3. The zero-order valence-corrected chi connectivity index (χ0v) is 15.2. The third-order valence-electron chi connectivity index (χ3n) is 4.09. The van der Waals surface area contributed by atoms with Gasteiger partial charge in [-0.3, -0.25) is 0 Å². The minimum absolute atomic E-state index is 0.780. The van der Waals surface area contributed by atoms with Crippen molar-refractivity contribution in [2.75, 3.05) is 32.8 Å². The van der Waals surface area contributed by atoms with Crippen LogP contribution in [0.5, 0.6) is 0 Å². The number of unbranched alkanes of at least 4 members (excludes halogenated alkanes) is 10. The van der Waals surface area contributed by atoms with E-state index >= 15 is 0 Å². The zero-order valence-electron chi connectivity index (χ0n) is 15.2. The van der Waals surface area contributed by atoms with E-state index in [0.29, 0.717) is 0 Å². The highest BCUT2D eigenvalue weighted by Gasteiger charge is 1.94. The zero-order chi connectivity index (χ0) is 16.1. The van der Waals surface area contributed by atoms with Crippen molar-refractivity contribution < 1.29 is 4.74 Å². The molecule has 22 heavy (non-hydrogen) atoms. The van der Waals surface area contributed by atoms with Crippen LogP contribution in [0.2, 0.25) is 0 Å². The van der Waals surface area contributed by atoms with E-state index in [1.54, 1.807) is 0 Å². The van der Waals surface area contributed by atoms with Gasteiger partial charge in [0.1, 0.15) is 0 Å². The lowest BCUT2D eigenvalue weighted by molar-refractivity contribution is 0.127. The molecule has 0 atom stereocenters. The van der Waals surface area contributed by atoms with Crippen molar-refractivity contribution in [1.82, 2.24) is 5.32 Å². The molecule has 0 aromatic rings. The van der Waals surface area contributed by atoms with Gasteiger partial charge in [-0.05, 0) is 38.9 Å². The van der Waals surface area contributed by atoms with Crippen LogP contribution >= 0.6 is 0 Å². The van der Waals surface area contributed by atoms with Crippen molar-refractivity contribution in [1.29, 1.82) is 0 Å². The molecule has 0 aromatic carbocycles. The van der Waals surface area contributed by atoms with Gasteiger partial charge in [-0.25, -0.2) is 0 Å². The van der Waals surface area contributed by atoms with Crippen LogP contribution in [0.25, 0.3) is 0 Å². The molecule has 0 heterocycles. The van der Waals surface area contributed by atoms with E-state index in [2.05, 4.69) is 12.2 Å². The van der Waals surface area contributed by atoms with E-state index in [1.165, 1.54) is 70.6 Å². The highest BCUT2D eigenvalue weighted by molar-refractivity contribution is 4.50. The first-order chi connectivity index (χ1) is 10.9. The normalized spacial score (nSPS) is 11.2. The SMILES string of the molecule is CCCCCCCCCCCCCOCCCNCCCN. The molecule has 3 heteroatoms. The molecule has 0 radical (unpaired) electrons. The van der Waals surface area contributed by atoms with Crippen LogP contribution < -0.4 is 11.1 Å². The molecular weight excluding hydrogens is 272 g/mol. The summed E-state index contributed by atoms with van der Waals surface area (Å²) in [5.41, 5.74) is 5.44. The molecule has 0 spiro atoms. The smallest absolute Gasteiger partial charge is 0.0478 e. The quantitative estimate of drug-likeness (QED) is 0.341. The van der Waals surface area contributed by atoms with Crippen molar-refractivity contribution >= 4 is 0 Å². The predicted octanol–water partition coefficient (Wildman–Crippen LogP) is 4.64. The largest absolute Gasteiger partial charge is 0.381 e. The maximum Gasteiger partial charge on any atom is 0.0478 e. The maximum atomic E-state index is 5.66. The predicted molar refractivity (Wildman–Crippen MR) is 98.4 cm³/mol. The molecule has 3 N–H and O–H groups in total. The molecule has 134 valence electrons. The van der Waals surface area contributed by atoms with E-state index in [4.69, 9.17) is 10.5 Å². The molecule has 0 fully saturated rings. The van der Waals surface area contributed by atoms with Crippen LogP contribution in [0, 0.1) is 0 Å². The molecular formula is C19H42N2O. The van der Waals surface area contributed by atoms with Crippen LogP contribution in [0.15, 0.2) is 0 Å². The number of hydrogen-bond donors (Lipinski definition) is 2. The Bertz CT molecular complexity index is 168. The Kier molecular flexibility index (Phi) is 20.8. The molecule has 0 aliphatic rings. The maximum absolute atomic E-state index is 5.66. The second-order valence-electron chi connectivity index (χ2n) is 6.39. The molecule has 0 unspecified atom stereocenters. The average Bonchev–Trinajstić information content (AvgIpc) is 2.54. The molecule has 0 bridgehead atoms. The van der Waals surface area contributed by atoms with E-state index < -0.39 is 0 Å². The summed E-state index contributed by atoms with van der Waals surface area (Å²) in [7, 11) is 0. The molecule has 0 saturated carbocycles. The van der Waals surface area contributed by atoms with Crippen molar-refractivity contribution in [3.63, 3.8) is 0 Å². The van der Waals surface area contributed by atoms with Crippen molar-refractivity contribution in [2.45, 2.75) is 90.4 Å². The van der Waals surface area contributed by atoms with Gasteiger partial charge in [0.05, 0.1) is 0 Å². The molecule has 0 aromatic heterocycles. The minimum atomic E-state index is 0.780. The summed E-state index contributed by atoms with van der Waals surface area (Å²) in [6, 6.07) is 0. The van der Waals surface area contributed by atoms with E-state index in [-0.39, 0.29) is 0 Å². The first kappa shape index (κ1) is 21.9. The summed E-state index contributed by atoms with van der Waals surface area (Å²) in [6.07, 6.45) is 17.5. The van der Waals surface area contributed by atoms with Gasteiger partial charge in [-0.15, -0.1) is 0 Å². The monoisotopic (exact) mass is 314 g/mol. The van der Waals surface area contributed by atoms with Gasteiger partial charge in [0.2, 0.25) is 0 Å². The van der Waals surface area contributed by atoms with Crippen molar-refractivity contribution in [3.05, 3.63) is 0 Å². The number of ether oxygens (including phenoxy) is 1. The lowest BCUT2D eigenvalue weighted by atomic mass is 10.1. The summed E-state index contributed by atoms with van der Waals surface area (Å²) < 4.78 is 5.66. The Balaban J connectivity index is 2.91. The molecule has 0 aliphatic carbocycles. The summed E-state index contributed by atoms with van der Waals surface area (Å²) in [5.74, 6) is 0. The van der Waals surface area contributed by atoms with E-state index in [1.807, 2.05) is 0 Å². The van der Waals surface area contributed by atoms with Gasteiger partial charge in [0, 0.05) is 13.2 Å². The lowest BCUT2D eigenvalue weighted by Crippen LogP contribution is -2.20. The summed E-state index contributed by atoms with van der Waals surface area (Å²) >= 11 is 0. The standard InChI is InChI=1S/C19H42N2O/c1-2-3-4-5-6-7-8-9-10-11-12-18-22-19-14-17-21-16-13-15-20/h21H,2-20H2,1H3. The third-order valence-corrected chi connectivity index (χ3v) is 4.09. The van der Waals surface area contributed by atoms with Gasteiger partial charge in [-0.1, -0.05) is 71.1 Å². The second-order valence-corrected chi connectivity index (χ2v) is 6.39. The highest BCUT2D eigenvalue weighted by Crippen LogP contribution is 2.11. The topological polar surface area (TPSA) is 47.3 Å². The van der Waals surface area contributed by atoms with Crippen LogP contribution in [0.4, 0.5) is 0 Å². The fourth-order valence-corrected chi connectivity index (χ4v) is 2.62. The highest BCUT2D eigenvalue weighted by atomic mass is 16.5. The Morgan fingerprint density at radius 2 is 1.14 bits per heavy atom. The van der Waals surface area contributed by atoms with Crippen molar-refractivity contribution in [2.24, 2.45) is 5.73 Å². The molecule has 0 amide bonds. The van der Waals surface area contributed by atoms with Crippen molar-refractivity contribution in [3.8, 4) is 0 Å². The van der Waals surface area contributed by atoms with E-state index in [0.717, 1.165) is 45.7 Å². The van der Waals surface area contributed by atoms with Gasteiger partial charge in [-0.2, -0.15) is 0 Å². The molecule has 0 saturated heterocycles. The van der Waals surface area contributed by atoms with E-state index in [9.17, 15) is 0 Å². The van der Waals surface area contributed by atoms with Crippen LogP contribution in [-0.4, -0.2) is 32.8 Å². The number of rotatable bonds is 19. The number of nitrogens with two attached hydrogens (primary N) is 1. The van der Waals surface area contributed by atoms with Gasteiger partial charge in [0.25, 0.3) is 0 Å². The van der Waals surface area contributed by atoms with Gasteiger partial charge in [0.15, 0.2) is 0 Å². The molecule has 0 rings (SSSR count). The summed E-state index contributed by atoms with van der Waals surface area (Å²) in [5, 5.41) is 3.37. The Labute approximate surface area is 139 Å². The third kappa shape index (κ3) is 19.9. The Hall–Kier alpha value is -0.120. The van der Waals surface area contributed by atoms with Gasteiger partial charge >= 0.3 is 0 Å². The molecule has 0 aliphatic heterocycles. The first-order valence-corrected chi connectivity index (χ1v) is 9.90. The average molecular weight is 315 g/mol. The second kappa shape index (κ2) is 20.9. The fraction of sp³-hybridized carbons (Fsp3) is 1.00. The lowest BCUT2D eigenvalue weighted by Gasteiger charge is -2.06. The van der Waals surface area contributed by atoms with Crippen LogP contribution in [0.3, 0.4) is 0 Å². The summed E-state index contributed by atoms with van der Waals surface area (Å²) in [6.45, 7) is 6.99. The minimum Gasteiger partial charge on any atom is -0.381 e. The summed E-state index contributed by atoms with van der Waals surface area (Å²) in [4.78, 5) is 0. The number of nitrogens with one attached hydrogen (secondary N) is 1. The van der Waals surface area contributed by atoms with Crippen LogP contribution in [-0.2, 0) is 4.74 Å². The fourth-order valence-electron chi connectivity index (χ4n) is 2.62. The van der Waals surface area contributed by atoms with Crippen LogP contribution in [0.1, 0.15) is 90.4 Å².